The number of thiazole rings is 1. The van der Waals surface area contributed by atoms with Crippen LogP contribution in [0.3, 0.4) is 0 Å². The SMILES string of the molecule is CO[C@@H]1CCCC[C@H]1NCc1cnc(N)s1. The van der Waals surface area contributed by atoms with E-state index in [4.69, 9.17) is 10.5 Å². The van der Waals surface area contributed by atoms with Crippen molar-refractivity contribution < 1.29 is 4.74 Å². The molecular weight excluding hydrogens is 222 g/mol. The molecule has 2 rings (SSSR count). The lowest BCUT2D eigenvalue weighted by Crippen LogP contribution is -2.42. The topological polar surface area (TPSA) is 60.2 Å². The molecule has 1 aliphatic carbocycles. The van der Waals surface area contributed by atoms with Crippen LogP contribution in [0.1, 0.15) is 30.6 Å². The summed E-state index contributed by atoms with van der Waals surface area (Å²) in [6.45, 7) is 0.847. The van der Waals surface area contributed by atoms with Gasteiger partial charge in [-0.1, -0.05) is 12.8 Å². The minimum Gasteiger partial charge on any atom is -0.380 e. The first-order valence-corrected chi connectivity index (χ1v) is 6.57. The summed E-state index contributed by atoms with van der Waals surface area (Å²) in [5.74, 6) is 0. The quantitative estimate of drug-likeness (QED) is 0.843. The first-order valence-electron chi connectivity index (χ1n) is 5.76. The van der Waals surface area contributed by atoms with E-state index in [2.05, 4.69) is 10.3 Å². The molecule has 2 atom stereocenters. The highest BCUT2D eigenvalue weighted by atomic mass is 32.1. The van der Waals surface area contributed by atoms with Gasteiger partial charge >= 0.3 is 0 Å². The Morgan fingerprint density at radius 1 is 1.56 bits per heavy atom. The molecule has 0 spiro atoms. The molecule has 3 N–H and O–H groups in total. The molecule has 1 aliphatic rings. The predicted octanol–water partition coefficient (Wildman–Crippen LogP) is 1.77. The third-order valence-electron chi connectivity index (χ3n) is 3.12. The van der Waals surface area contributed by atoms with Crippen LogP contribution in [0.25, 0.3) is 0 Å². The lowest BCUT2D eigenvalue weighted by atomic mass is 9.92. The van der Waals surface area contributed by atoms with Crippen LogP contribution in [0.5, 0.6) is 0 Å². The molecule has 1 aromatic rings. The van der Waals surface area contributed by atoms with Crippen LogP contribution >= 0.6 is 11.3 Å². The Bertz CT molecular complexity index is 329. The van der Waals surface area contributed by atoms with Gasteiger partial charge in [0.15, 0.2) is 5.13 Å². The molecule has 0 aromatic carbocycles. The Kier molecular flexibility index (Phi) is 4.15. The average Bonchev–Trinajstić information content (AvgIpc) is 2.73. The number of anilines is 1. The Morgan fingerprint density at radius 3 is 3.06 bits per heavy atom. The van der Waals surface area contributed by atoms with E-state index in [-0.39, 0.29) is 0 Å². The van der Waals surface area contributed by atoms with Crippen molar-refractivity contribution in [2.75, 3.05) is 12.8 Å². The largest absolute Gasteiger partial charge is 0.380 e. The molecule has 0 aliphatic heterocycles. The van der Waals surface area contributed by atoms with E-state index < -0.39 is 0 Å². The lowest BCUT2D eigenvalue weighted by molar-refractivity contribution is 0.0414. The summed E-state index contributed by atoms with van der Waals surface area (Å²) in [6, 6.07) is 0.474. The summed E-state index contributed by atoms with van der Waals surface area (Å²) in [4.78, 5) is 5.24. The van der Waals surface area contributed by atoms with E-state index >= 15 is 0 Å². The molecule has 0 bridgehead atoms. The average molecular weight is 241 g/mol. The van der Waals surface area contributed by atoms with Crippen molar-refractivity contribution in [2.45, 2.75) is 44.4 Å². The first kappa shape index (κ1) is 11.8. The minimum absolute atomic E-state index is 0.360. The molecular formula is C11H19N3OS. The van der Waals surface area contributed by atoms with E-state index in [9.17, 15) is 0 Å². The molecule has 0 saturated heterocycles. The van der Waals surface area contributed by atoms with Crippen molar-refractivity contribution in [3.05, 3.63) is 11.1 Å². The van der Waals surface area contributed by atoms with Crippen molar-refractivity contribution in [1.82, 2.24) is 10.3 Å². The van der Waals surface area contributed by atoms with Gasteiger partial charge in [0.05, 0.1) is 6.10 Å². The van der Waals surface area contributed by atoms with Crippen molar-refractivity contribution in [2.24, 2.45) is 0 Å². The molecule has 4 nitrogen and oxygen atoms in total. The van der Waals surface area contributed by atoms with Gasteiger partial charge < -0.3 is 15.8 Å². The van der Waals surface area contributed by atoms with Crippen molar-refractivity contribution in [3.8, 4) is 0 Å². The van der Waals surface area contributed by atoms with Gasteiger partial charge in [0, 0.05) is 30.8 Å². The second-order valence-corrected chi connectivity index (χ2v) is 5.36. The fourth-order valence-corrected chi connectivity index (χ4v) is 2.88. The zero-order valence-electron chi connectivity index (χ0n) is 9.61. The highest BCUT2D eigenvalue weighted by molar-refractivity contribution is 7.15. The van der Waals surface area contributed by atoms with Gasteiger partial charge in [-0.15, -0.1) is 11.3 Å². The highest BCUT2D eigenvalue weighted by Gasteiger charge is 2.24. The lowest BCUT2D eigenvalue weighted by Gasteiger charge is -2.31. The maximum Gasteiger partial charge on any atom is 0.180 e. The van der Waals surface area contributed by atoms with Crippen molar-refractivity contribution in [3.63, 3.8) is 0 Å². The highest BCUT2D eigenvalue weighted by Crippen LogP contribution is 2.22. The van der Waals surface area contributed by atoms with Gasteiger partial charge in [0.25, 0.3) is 0 Å². The third kappa shape index (κ3) is 2.93. The van der Waals surface area contributed by atoms with Crippen molar-refractivity contribution >= 4 is 16.5 Å². The number of nitrogens with one attached hydrogen (secondary N) is 1. The number of nitrogens with two attached hydrogens (primary N) is 1. The summed E-state index contributed by atoms with van der Waals surface area (Å²) >= 11 is 1.55. The van der Waals surface area contributed by atoms with Crippen LogP contribution in [0.2, 0.25) is 0 Å². The molecule has 5 heteroatoms. The van der Waals surface area contributed by atoms with Gasteiger partial charge in [-0.05, 0) is 12.8 Å². The monoisotopic (exact) mass is 241 g/mol. The van der Waals surface area contributed by atoms with Crippen LogP contribution in [0, 0.1) is 0 Å². The number of ether oxygens (including phenoxy) is 1. The molecule has 1 saturated carbocycles. The Labute approximate surface area is 100 Å². The van der Waals surface area contributed by atoms with E-state index in [1.54, 1.807) is 18.4 Å². The van der Waals surface area contributed by atoms with Crippen LogP contribution in [0.4, 0.5) is 5.13 Å². The molecule has 0 radical (unpaired) electrons. The predicted molar refractivity (Wildman–Crippen MR) is 66.4 cm³/mol. The van der Waals surface area contributed by atoms with Gasteiger partial charge in [0.1, 0.15) is 0 Å². The Hall–Kier alpha value is -0.650. The van der Waals surface area contributed by atoms with Crippen LogP contribution in [-0.2, 0) is 11.3 Å². The number of nitrogens with zero attached hydrogens (tertiary/aromatic N) is 1. The molecule has 1 aromatic heterocycles. The van der Waals surface area contributed by atoms with E-state index in [1.807, 2.05) is 6.20 Å². The number of aromatic nitrogens is 1. The number of nitrogen functional groups attached to an aromatic ring is 1. The fraction of sp³-hybridized carbons (Fsp3) is 0.727. The smallest absolute Gasteiger partial charge is 0.180 e. The summed E-state index contributed by atoms with van der Waals surface area (Å²) in [5, 5.41) is 4.18. The van der Waals surface area contributed by atoms with Crippen LogP contribution in [0.15, 0.2) is 6.20 Å². The normalized spacial score (nSPS) is 25.8. The van der Waals surface area contributed by atoms with Crippen molar-refractivity contribution in [1.29, 1.82) is 0 Å². The molecule has 0 unspecified atom stereocenters. The maximum atomic E-state index is 5.60. The van der Waals surface area contributed by atoms with Gasteiger partial charge in [-0.2, -0.15) is 0 Å². The Morgan fingerprint density at radius 2 is 2.38 bits per heavy atom. The number of hydrogen-bond donors (Lipinski definition) is 2. The first-order chi connectivity index (χ1) is 7.79. The zero-order valence-corrected chi connectivity index (χ0v) is 10.4. The van der Waals surface area contributed by atoms with Gasteiger partial charge in [-0.3, -0.25) is 0 Å². The van der Waals surface area contributed by atoms with Crippen LogP contribution < -0.4 is 11.1 Å². The molecule has 1 heterocycles. The van der Waals surface area contributed by atoms with E-state index in [1.165, 1.54) is 30.6 Å². The summed E-state index contributed by atoms with van der Waals surface area (Å²) in [6.07, 6.45) is 7.15. The summed E-state index contributed by atoms with van der Waals surface area (Å²) < 4.78 is 5.50. The minimum atomic E-state index is 0.360. The zero-order chi connectivity index (χ0) is 11.4. The second kappa shape index (κ2) is 5.61. The molecule has 16 heavy (non-hydrogen) atoms. The number of methoxy groups -OCH3 is 1. The summed E-state index contributed by atoms with van der Waals surface area (Å²) in [7, 11) is 1.80. The second-order valence-electron chi connectivity index (χ2n) is 4.21. The fourth-order valence-electron chi connectivity index (χ4n) is 2.25. The molecule has 1 fully saturated rings. The third-order valence-corrected chi connectivity index (χ3v) is 3.94. The summed E-state index contributed by atoms with van der Waals surface area (Å²) in [5.41, 5.74) is 5.60. The Balaban J connectivity index is 1.84. The van der Waals surface area contributed by atoms with Gasteiger partial charge in [0.2, 0.25) is 0 Å². The van der Waals surface area contributed by atoms with Gasteiger partial charge in [-0.25, -0.2) is 4.98 Å². The number of hydrogen-bond acceptors (Lipinski definition) is 5. The van der Waals surface area contributed by atoms with E-state index in [0.717, 1.165) is 6.54 Å². The standard InChI is InChI=1S/C11H19N3OS/c1-15-10-5-3-2-4-9(10)13-6-8-7-14-11(12)16-8/h7,9-10,13H,2-6H2,1H3,(H2,12,14)/t9-,10-/m1/s1. The molecule has 0 amide bonds. The van der Waals surface area contributed by atoms with Crippen LogP contribution in [-0.4, -0.2) is 24.2 Å². The maximum absolute atomic E-state index is 5.60. The molecule has 90 valence electrons. The number of rotatable bonds is 4. The van der Waals surface area contributed by atoms with E-state index in [0.29, 0.717) is 17.3 Å².